The highest BCUT2D eigenvalue weighted by molar-refractivity contribution is 9.27. The molecule has 86 valence electrons. The van der Waals surface area contributed by atoms with E-state index in [0.29, 0.717) is 0 Å². The van der Waals surface area contributed by atoms with Crippen LogP contribution in [0.5, 0.6) is 0 Å². The molecule has 0 saturated carbocycles. The van der Waals surface area contributed by atoms with Crippen LogP contribution < -0.4 is 0 Å². The van der Waals surface area contributed by atoms with Crippen molar-refractivity contribution in [2.45, 2.75) is 0 Å². The van der Waals surface area contributed by atoms with E-state index in [1.807, 2.05) is 64.8 Å². The lowest BCUT2D eigenvalue weighted by Gasteiger charge is -2.08. The predicted molar refractivity (Wildman–Crippen MR) is 89.7 cm³/mol. The maximum Gasteiger partial charge on any atom is 0.0522 e. The fraction of sp³-hybridized carbons (Fsp3) is 0.200. The summed E-state index contributed by atoms with van der Waals surface area (Å²) in [6.07, 6.45) is 13.0. The topological polar surface area (TPSA) is 0 Å². The highest BCUT2D eigenvalue weighted by atomic mass is 33.7. The van der Waals surface area contributed by atoms with E-state index in [0.717, 1.165) is 11.5 Å². The monoisotopic (exact) mass is 322 g/mol. The minimum absolute atomic E-state index is 1.11. The lowest BCUT2D eigenvalue weighted by Crippen LogP contribution is -1.77. The molecule has 0 aromatic heterocycles. The fourth-order valence-electron chi connectivity index (χ4n) is 0.960. The molecule has 0 saturated heterocycles. The fourth-order valence-corrected chi connectivity index (χ4v) is 9.78. The summed E-state index contributed by atoms with van der Waals surface area (Å²) in [6.45, 7) is 0. The SMILES string of the molecule is C1=CCSC(SSSSC2=CC=CCS2)=C1. The number of allylic oxidation sites excluding steroid dienone is 4. The van der Waals surface area contributed by atoms with E-state index in [1.54, 1.807) is 0 Å². The number of hydrogen-bond acceptors (Lipinski definition) is 6. The summed E-state index contributed by atoms with van der Waals surface area (Å²) in [5.74, 6) is 2.23. The summed E-state index contributed by atoms with van der Waals surface area (Å²) in [7, 11) is 7.42. The maximum absolute atomic E-state index is 2.19. The van der Waals surface area contributed by atoms with Gasteiger partial charge in [0.2, 0.25) is 0 Å². The van der Waals surface area contributed by atoms with Gasteiger partial charge >= 0.3 is 0 Å². The second kappa shape index (κ2) is 8.21. The number of rotatable bonds is 5. The molecule has 0 radical (unpaired) electrons. The van der Waals surface area contributed by atoms with E-state index < -0.39 is 0 Å². The van der Waals surface area contributed by atoms with Crippen molar-refractivity contribution in [2.75, 3.05) is 11.5 Å². The smallest absolute Gasteiger partial charge is 0.0522 e. The molecule has 2 rings (SSSR count). The number of hydrogen-bond donors (Lipinski definition) is 0. The first-order valence-corrected chi connectivity index (χ1v) is 11.4. The van der Waals surface area contributed by atoms with Gasteiger partial charge in [-0.3, -0.25) is 0 Å². The third kappa shape index (κ3) is 5.14. The Hall–Kier alpha value is 1.06. The van der Waals surface area contributed by atoms with Gasteiger partial charge in [-0.15, -0.1) is 23.5 Å². The van der Waals surface area contributed by atoms with Gasteiger partial charge in [-0.1, -0.05) is 24.3 Å². The maximum atomic E-state index is 2.19. The van der Waals surface area contributed by atoms with Crippen LogP contribution in [0.1, 0.15) is 0 Å². The normalized spacial score (nSPS) is 19.5. The highest BCUT2D eigenvalue weighted by Gasteiger charge is 2.05. The Labute approximate surface area is 120 Å². The van der Waals surface area contributed by atoms with Gasteiger partial charge < -0.3 is 0 Å². The third-order valence-electron chi connectivity index (χ3n) is 1.64. The zero-order valence-corrected chi connectivity index (χ0v) is 13.2. The van der Waals surface area contributed by atoms with Crippen LogP contribution in [0.25, 0.3) is 0 Å². The van der Waals surface area contributed by atoms with Crippen molar-refractivity contribution in [2.24, 2.45) is 0 Å². The van der Waals surface area contributed by atoms with Crippen molar-refractivity contribution in [3.63, 3.8) is 0 Å². The molecule has 0 nitrogen and oxygen atoms in total. The van der Waals surface area contributed by atoms with Crippen molar-refractivity contribution in [1.82, 2.24) is 0 Å². The molecule has 0 N–H and O–H groups in total. The van der Waals surface area contributed by atoms with E-state index in [9.17, 15) is 0 Å². The third-order valence-corrected chi connectivity index (χ3v) is 10.7. The molecule has 16 heavy (non-hydrogen) atoms. The second-order valence-electron chi connectivity index (χ2n) is 2.75. The van der Waals surface area contributed by atoms with Gasteiger partial charge in [-0.25, -0.2) is 0 Å². The largest absolute Gasteiger partial charge is 0.114 e. The van der Waals surface area contributed by atoms with Gasteiger partial charge in [0.15, 0.2) is 0 Å². The average molecular weight is 323 g/mol. The molecule has 0 fully saturated rings. The summed E-state index contributed by atoms with van der Waals surface area (Å²) in [4.78, 5) is 0. The van der Waals surface area contributed by atoms with Gasteiger partial charge in [-0.05, 0) is 53.4 Å². The molecule has 2 aliphatic heterocycles. The Morgan fingerprint density at radius 3 is 1.69 bits per heavy atom. The zero-order valence-electron chi connectivity index (χ0n) is 8.33. The molecule has 0 amide bonds. The standard InChI is InChI=1S/C10H10S6/c1-3-7-11-9(5-1)13-15-16-14-10-6-2-4-8-12-10/h1-6H,7-8H2. The summed E-state index contributed by atoms with van der Waals surface area (Å²) in [5.41, 5.74) is 0. The van der Waals surface area contributed by atoms with E-state index in [2.05, 4.69) is 36.5 Å². The molecule has 2 aliphatic rings. The molecular formula is C10H10S6. The second-order valence-corrected chi connectivity index (χ2v) is 11.1. The molecule has 0 aliphatic carbocycles. The Kier molecular flexibility index (Phi) is 6.92. The van der Waals surface area contributed by atoms with E-state index in [1.165, 1.54) is 8.47 Å². The Morgan fingerprint density at radius 2 is 1.31 bits per heavy atom. The van der Waals surface area contributed by atoms with Gasteiger partial charge in [-0.2, -0.15) is 0 Å². The molecule has 0 spiro atoms. The van der Waals surface area contributed by atoms with Crippen molar-refractivity contribution < 1.29 is 0 Å². The minimum atomic E-state index is 1.11. The van der Waals surface area contributed by atoms with Gasteiger partial charge in [0, 0.05) is 11.5 Å². The first-order chi connectivity index (χ1) is 7.95. The van der Waals surface area contributed by atoms with Gasteiger partial charge in [0.1, 0.15) is 0 Å². The zero-order chi connectivity index (χ0) is 11.1. The van der Waals surface area contributed by atoms with E-state index in [4.69, 9.17) is 0 Å². The minimum Gasteiger partial charge on any atom is -0.114 e. The lowest BCUT2D eigenvalue weighted by molar-refractivity contribution is 1.73. The molecule has 0 bridgehead atoms. The van der Waals surface area contributed by atoms with Crippen LogP contribution in [-0.4, -0.2) is 11.5 Å². The van der Waals surface area contributed by atoms with Crippen LogP contribution in [0.4, 0.5) is 0 Å². The summed E-state index contributed by atoms with van der Waals surface area (Å²) in [6, 6.07) is 0. The molecule has 6 heteroatoms. The molecule has 2 heterocycles. The molecule has 0 unspecified atom stereocenters. The van der Waals surface area contributed by atoms with E-state index in [-0.39, 0.29) is 0 Å². The predicted octanol–water partition coefficient (Wildman–Crippen LogP) is 5.95. The molecule has 0 atom stereocenters. The lowest BCUT2D eigenvalue weighted by atomic mass is 10.5. The van der Waals surface area contributed by atoms with Crippen LogP contribution in [-0.2, 0) is 0 Å². The Balaban J connectivity index is 1.61. The summed E-state index contributed by atoms with van der Waals surface area (Å²) >= 11 is 3.82. The summed E-state index contributed by atoms with van der Waals surface area (Å²) in [5, 5.41) is 0. The molecular weight excluding hydrogens is 313 g/mol. The quantitative estimate of drug-likeness (QED) is 0.449. The van der Waals surface area contributed by atoms with Crippen LogP contribution in [0.3, 0.4) is 0 Å². The summed E-state index contributed by atoms with van der Waals surface area (Å²) < 4.78 is 2.82. The van der Waals surface area contributed by atoms with Crippen molar-refractivity contribution >= 4 is 64.8 Å². The van der Waals surface area contributed by atoms with Crippen LogP contribution in [0.15, 0.2) is 44.9 Å². The van der Waals surface area contributed by atoms with Crippen LogP contribution in [0, 0.1) is 0 Å². The van der Waals surface area contributed by atoms with Crippen molar-refractivity contribution in [3.05, 3.63) is 44.9 Å². The Morgan fingerprint density at radius 1 is 0.812 bits per heavy atom. The molecule has 0 aromatic carbocycles. The van der Waals surface area contributed by atoms with Gasteiger partial charge in [0.05, 0.1) is 8.47 Å². The average Bonchev–Trinajstić information content (AvgIpc) is 2.37. The number of thioether (sulfide) groups is 2. The highest BCUT2D eigenvalue weighted by Crippen LogP contribution is 2.53. The first kappa shape index (κ1) is 13.5. The van der Waals surface area contributed by atoms with Crippen molar-refractivity contribution in [3.8, 4) is 0 Å². The van der Waals surface area contributed by atoms with Crippen LogP contribution in [0.2, 0.25) is 0 Å². The Bertz CT molecular complexity index is 307. The van der Waals surface area contributed by atoms with Gasteiger partial charge in [0.25, 0.3) is 0 Å². The molecule has 0 aromatic rings. The van der Waals surface area contributed by atoms with Crippen LogP contribution >= 0.6 is 64.8 Å². The first-order valence-electron chi connectivity index (χ1n) is 4.62. The van der Waals surface area contributed by atoms with E-state index >= 15 is 0 Å². The van der Waals surface area contributed by atoms with Crippen molar-refractivity contribution in [1.29, 1.82) is 0 Å².